The highest BCUT2D eigenvalue weighted by Gasteiger charge is 2.18. The number of hydrogen-bond acceptors (Lipinski definition) is 3. The van der Waals surface area contributed by atoms with E-state index in [9.17, 15) is 0 Å². The van der Waals surface area contributed by atoms with Crippen LogP contribution in [0.5, 0.6) is 0 Å². The van der Waals surface area contributed by atoms with Gasteiger partial charge in [0.25, 0.3) is 0 Å². The quantitative estimate of drug-likeness (QED) is 0.283. The summed E-state index contributed by atoms with van der Waals surface area (Å²) in [7, 11) is 0. The van der Waals surface area contributed by atoms with Crippen molar-refractivity contribution in [3.63, 3.8) is 0 Å². The zero-order valence-corrected chi connectivity index (χ0v) is 18.7. The second kappa shape index (κ2) is 7.29. The molecule has 0 aliphatic carbocycles. The molecule has 162 valence electrons. The van der Waals surface area contributed by atoms with Gasteiger partial charge in [-0.15, -0.1) is 0 Å². The first-order chi connectivity index (χ1) is 16.8. The third-order valence-corrected chi connectivity index (χ3v) is 6.56. The summed E-state index contributed by atoms with van der Waals surface area (Å²) >= 11 is 0. The Balaban J connectivity index is 1.48. The maximum Gasteiger partial charge on any atom is 0.162 e. The van der Waals surface area contributed by atoms with Crippen LogP contribution in [0.4, 0.5) is 0 Å². The number of nitrogens with zero attached hydrogens (tertiary/aromatic N) is 3. The van der Waals surface area contributed by atoms with Crippen LogP contribution in [0, 0.1) is 0 Å². The monoisotopic (exact) mass is 439 g/mol. The lowest BCUT2D eigenvalue weighted by Gasteiger charge is -2.11. The molecule has 0 spiro atoms. The molecule has 3 aromatic heterocycles. The zero-order valence-electron chi connectivity index (χ0n) is 18.7. The highest BCUT2D eigenvalue weighted by atomic mass is 16.3. The number of hydrogen-bond donors (Lipinski definition) is 0. The van der Waals surface area contributed by atoms with Crippen molar-refractivity contribution >= 4 is 44.0 Å². The molecule has 0 aliphatic rings. The van der Waals surface area contributed by atoms with Crippen LogP contribution in [0.15, 0.2) is 101 Å². The molecule has 3 heterocycles. The molecule has 0 aliphatic heterocycles. The number of para-hydroxylation sites is 4. The Morgan fingerprint density at radius 2 is 1.41 bits per heavy atom. The van der Waals surface area contributed by atoms with E-state index in [1.54, 1.807) is 0 Å². The Labute approximate surface area is 196 Å². The summed E-state index contributed by atoms with van der Waals surface area (Å²) in [5, 5.41) is 2.13. The van der Waals surface area contributed by atoms with Gasteiger partial charge >= 0.3 is 0 Å². The molecule has 7 aromatic rings. The number of pyridine rings is 1. The van der Waals surface area contributed by atoms with E-state index in [4.69, 9.17) is 14.4 Å². The lowest BCUT2D eigenvalue weighted by molar-refractivity contribution is 0.670. The van der Waals surface area contributed by atoms with Crippen LogP contribution < -0.4 is 0 Å². The van der Waals surface area contributed by atoms with Gasteiger partial charge < -0.3 is 4.42 Å². The van der Waals surface area contributed by atoms with Crippen molar-refractivity contribution in [2.24, 2.45) is 0 Å². The topological polar surface area (TPSA) is 43.9 Å². The van der Waals surface area contributed by atoms with E-state index in [1.165, 1.54) is 0 Å². The summed E-state index contributed by atoms with van der Waals surface area (Å²) < 4.78 is 8.62. The van der Waals surface area contributed by atoms with Crippen molar-refractivity contribution in [3.05, 3.63) is 103 Å². The van der Waals surface area contributed by atoms with Gasteiger partial charge in [0, 0.05) is 28.4 Å². The number of rotatable bonds is 3. The summed E-state index contributed by atoms with van der Waals surface area (Å²) in [6, 6.07) is 33.4. The van der Waals surface area contributed by atoms with Crippen LogP contribution in [0.3, 0.4) is 0 Å². The molecule has 0 unspecified atom stereocenters. The number of fused-ring (bicyclic) bond motifs is 5. The third kappa shape index (κ3) is 2.72. The number of furan rings is 1. The molecule has 4 heteroatoms. The smallest absolute Gasteiger partial charge is 0.162 e. The molecule has 7 rings (SSSR count). The van der Waals surface area contributed by atoms with Gasteiger partial charge in [0.15, 0.2) is 5.58 Å². The molecule has 4 nitrogen and oxygen atoms in total. The molecule has 0 radical (unpaired) electrons. The Morgan fingerprint density at radius 3 is 2.24 bits per heavy atom. The fraction of sp³-hybridized carbons (Fsp3) is 0.0667. The van der Waals surface area contributed by atoms with Crippen molar-refractivity contribution in [2.45, 2.75) is 13.3 Å². The van der Waals surface area contributed by atoms with E-state index in [0.717, 1.165) is 73.1 Å². The molecule has 4 aromatic carbocycles. The Kier molecular flexibility index (Phi) is 4.09. The van der Waals surface area contributed by atoms with Gasteiger partial charge in [-0.05, 0) is 48.0 Å². The minimum absolute atomic E-state index is 0.829. The van der Waals surface area contributed by atoms with Crippen LogP contribution in [-0.2, 0) is 6.42 Å². The molecule has 0 amide bonds. The number of aryl methyl sites for hydroxylation is 1. The zero-order chi connectivity index (χ0) is 22.6. The van der Waals surface area contributed by atoms with E-state index in [1.807, 2.05) is 30.3 Å². The van der Waals surface area contributed by atoms with Gasteiger partial charge in [0.1, 0.15) is 16.9 Å². The lowest BCUT2D eigenvalue weighted by atomic mass is 9.99. The van der Waals surface area contributed by atoms with Gasteiger partial charge in [0.2, 0.25) is 0 Å². The largest absolute Gasteiger partial charge is 0.454 e. The van der Waals surface area contributed by atoms with Gasteiger partial charge in [-0.3, -0.25) is 4.57 Å². The van der Waals surface area contributed by atoms with Gasteiger partial charge in [-0.2, -0.15) is 0 Å². The Bertz CT molecular complexity index is 1840. The van der Waals surface area contributed by atoms with Crippen molar-refractivity contribution in [1.82, 2.24) is 14.5 Å². The summed E-state index contributed by atoms with van der Waals surface area (Å²) in [4.78, 5) is 9.79. The van der Waals surface area contributed by atoms with Crippen LogP contribution in [0.2, 0.25) is 0 Å². The van der Waals surface area contributed by atoms with Crippen molar-refractivity contribution < 1.29 is 4.42 Å². The van der Waals surface area contributed by atoms with Crippen LogP contribution in [0.1, 0.15) is 12.7 Å². The average molecular weight is 440 g/mol. The first kappa shape index (κ1) is 19.1. The second-order valence-electron chi connectivity index (χ2n) is 8.53. The van der Waals surface area contributed by atoms with Gasteiger partial charge in [-0.25, -0.2) is 9.97 Å². The summed E-state index contributed by atoms with van der Waals surface area (Å²) in [5.74, 6) is 1.06. The number of imidazole rings is 1. The Morgan fingerprint density at radius 1 is 0.706 bits per heavy atom. The molecule has 0 fully saturated rings. The minimum atomic E-state index is 0.829. The fourth-order valence-electron chi connectivity index (χ4n) is 5.00. The molecule has 0 atom stereocenters. The van der Waals surface area contributed by atoms with E-state index in [2.05, 4.69) is 78.2 Å². The molecule has 0 N–H and O–H groups in total. The van der Waals surface area contributed by atoms with Crippen molar-refractivity contribution in [1.29, 1.82) is 0 Å². The molecule has 34 heavy (non-hydrogen) atoms. The van der Waals surface area contributed by atoms with Crippen LogP contribution in [-0.4, -0.2) is 14.5 Å². The third-order valence-electron chi connectivity index (χ3n) is 6.56. The number of benzene rings is 4. The van der Waals surface area contributed by atoms with E-state index >= 15 is 0 Å². The van der Waals surface area contributed by atoms with E-state index in [-0.39, 0.29) is 0 Å². The summed E-state index contributed by atoms with van der Waals surface area (Å²) in [5.41, 5.74) is 8.99. The first-order valence-electron chi connectivity index (χ1n) is 11.6. The maximum absolute atomic E-state index is 6.37. The maximum atomic E-state index is 6.37. The average Bonchev–Trinajstić information content (AvgIpc) is 3.45. The van der Waals surface area contributed by atoms with Crippen molar-refractivity contribution in [3.8, 4) is 16.8 Å². The molecule has 0 saturated heterocycles. The molecular weight excluding hydrogens is 418 g/mol. The molecule has 0 bridgehead atoms. The van der Waals surface area contributed by atoms with E-state index in [0.29, 0.717) is 0 Å². The highest BCUT2D eigenvalue weighted by Crippen LogP contribution is 2.39. The first-order valence-corrected chi connectivity index (χ1v) is 11.6. The Hall–Kier alpha value is -4.44. The lowest BCUT2D eigenvalue weighted by Crippen LogP contribution is -2.00. The molecule has 0 saturated carbocycles. The van der Waals surface area contributed by atoms with Crippen molar-refractivity contribution in [2.75, 3.05) is 0 Å². The predicted octanol–water partition coefficient (Wildman–Crippen LogP) is 7.70. The summed E-state index contributed by atoms with van der Waals surface area (Å²) in [6.45, 7) is 2.15. The van der Waals surface area contributed by atoms with Crippen LogP contribution in [0.25, 0.3) is 60.8 Å². The second-order valence-corrected chi connectivity index (χ2v) is 8.53. The fourth-order valence-corrected chi connectivity index (χ4v) is 5.00. The molecular formula is C30H21N3O. The van der Waals surface area contributed by atoms with E-state index < -0.39 is 0 Å². The standard InChI is InChI=1S/C30H21N3O/c1-2-27-31-24-12-6-7-13-25(24)33(27)20-17-15-19(16-18-20)28-21-9-3-5-11-23(21)32-29-22-10-4-8-14-26(22)34-30(28)29/h3-18H,2H2,1H3. The van der Waals surface area contributed by atoms with Crippen LogP contribution >= 0.6 is 0 Å². The summed E-state index contributed by atoms with van der Waals surface area (Å²) in [6.07, 6.45) is 0.866. The highest BCUT2D eigenvalue weighted by molar-refractivity contribution is 6.14. The van der Waals surface area contributed by atoms with Gasteiger partial charge in [-0.1, -0.05) is 61.5 Å². The SMILES string of the molecule is CCc1nc2ccccc2n1-c1ccc(-c2c3ccccc3nc3c2oc2ccccc23)cc1. The number of aromatic nitrogens is 3. The normalized spacial score (nSPS) is 11.8. The van der Waals surface area contributed by atoms with Gasteiger partial charge in [0.05, 0.1) is 16.6 Å². The minimum Gasteiger partial charge on any atom is -0.454 e. The predicted molar refractivity (Wildman–Crippen MR) is 138 cm³/mol.